The molecular formula is C28H50F2O2. The topological polar surface area (TPSA) is 18.5 Å². The molecule has 32 heavy (non-hydrogen) atoms. The van der Waals surface area contributed by atoms with Crippen molar-refractivity contribution < 1.29 is 18.3 Å². The number of ether oxygens (including phenoxy) is 2. The summed E-state index contributed by atoms with van der Waals surface area (Å²) in [5.41, 5.74) is 0. The standard InChI is InChI=1S/C28H50F2O2/c1-3-5-7-19-31-25-17-18-26(28(30)27(25)29)32-20-22-11-15-24(16-12-22)23-13-9-21(10-14-23)8-6-4-2/h21-28H,3-20H2,1-2H3. The molecule has 0 radical (unpaired) electrons. The van der Waals surface area contributed by atoms with E-state index in [0.717, 1.165) is 37.0 Å². The summed E-state index contributed by atoms with van der Waals surface area (Å²) in [5, 5.41) is 0. The van der Waals surface area contributed by atoms with Crippen LogP contribution in [0.1, 0.15) is 117 Å². The highest BCUT2D eigenvalue weighted by molar-refractivity contribution is 4.90. The largest absolute Gasteiger partial charge is 0.375 e. The van der Waals surface area contributed by atoms with Crippen LogP contribution in [0.2, 0.25) is 0 Å². The predicted octanol–water partition coefficient (Wildman–Crippen LogP) is 8.22. The molecule has 0 N–H and O–H groups in total. The molecule has 0 aromatic carbocycles. The molecule has 3 aliphatic rings. The van der Waals surface area contributed by atoms with E-state index in [1.165, 1.54) is 70.6 Å². The summed E-state index contributed by atoms with van der Waals surface area (Å²) in [6.45, 7) is 5.58. The van der Waals surface area contributed by atoms with Crippen LogP contribution in [0.5, 0.6) is 0 Å². The Labute approximate surface area is 196 Å². The van der Waals surface area contributed by atoms with Crippen molar-refractivity contribution in [3.05, 3.63) is 0 Å². The lowest BCUT2D eigenvalue weighted by molar-refractivity contribution is -0.124. The van der Waals surface area contributed by atoms with Gasteiger partial charge in [0.15, 0.2) is 12.3 Å². The molecule has 4 atom stereocenters. The lowest BCUT2D eigenvalue weighted by Crippen LogP contribution is -2.47. The van der Waals surface area contributed by atoms with Gasteiger partial charge in [0, 0.05) is 13.2 Å². The molecule has 3 rings (SSSR count). The Bertz CT molecular complexity index is 486. The van der Waals surface area contributed by atoms with Crippen LogP contribution in [0.3, 0.4) is 0 Å². The van der Waals surface area contributed by atoms with Crippen LogP contribution in [-0.4, -0.2) is 37.8 Å². The fourth-order valence-electron chi connectivity index (χ4n) is 6.52. The average Bonchev–Trinajstić information content (AvgIpc) is 2.83. The van der Waals surface area contributed by atoms with Crippen LogP contribution < -0.4 is 0 Å². The Morgan fingerprint density at radius 2 is 1.12 bits per heavy atom. The van der Waals surface area contributed by atoms with Crippen molar-refractivity contribution in [3.63, 3.8) is 0 Å². The summed E-state index contributed by atoms with van der Waals surface area (Å²) in [4.78, 5) is 0. The molecule has 188 valence electrons. The van der Waals surface area contributed by atoms with E-state index in [-0.39, 0.29) is 0 Å². The zero-order valence-electron chi connectivity index (χ0n) is 20.9. The second-order valence-electron chi connectivity index (χ2n) is 11.2. The molecule has 0 amide bonds. The summed E-state index contributed by atoms with van der Waals surface area (Å²) in [6.07, 6.45) is 15.0. The maximum absolute atomic E-state index is 14.7. The third-order valence-corrected chi connectivity index (χ3v) is 8.79. The monoisotopic (exact) mass is 456 g/mol. The normalized spacial score (nSPS) is 38.6. The summed E-state index contributed by atoms with van der Waals surface area (Å²) in [5.74, 6) is 3.34. The van der Waals surface area contributed by atoms with Gasteiger partial charge in [-0.25, -0.2) is 8.78 Å². The molecule has 3 fully saturated rings. The van der Waals surface area contributed by atoms with Gasteiger partial charge in [-0.05, 0) is 81.5 Å². The molecule has 0 aliphatic heterocycles. The quantitative estimate of drug-likeness (QED) is 0.275. The number of hydrogen-bond donors (Lipinski definition) is 0. The second kappa shape index (κ2) is 14.2. The summed E-state index contributed by atoms with van der Waals surface area (Å²) in [7, 11) is 0. The smallest absolute Gasteiger partial charge is 0.160 e. The van der Waals surface area contributed by atoms with Gasteiger partial charge in [-0.1, -0.05) is 58.8 Å². The van der Waals surface area contributed by atoms with E-state index in [2.05, 4.69) is 13.8 Å². The zero-order chi connectivity index (χ0) is 22.8. The Kier molecular flexibility index (Phi) is 11.7. The van der Waals surface area contributed by atoms with Crippen molar-refractivity contribution in [2.75, 3.05) is 13.2 Å². The zero-order valence-corrected chi connectivity index (χ0v) is 20.9. The molecule has 0 aromatic rings. The van der Waals surface area contributed by atoms with Gasteiger partial charge in [0.25, 0.3) is 0 Å². The number of halogens is 2. The molecule has 0 spiro atoms. The van der Waals surface area contributed by atoms with Gasteiger partial charge in [-0.2, -0.15) is 0 Å². The van der Waals surface area contributed by atoms with Crippen molar-refractivity contribution in [2.45, 2.75) is 141 Å². The summed E-state index contributed by atoms with van der Waals surface area (Å²) >= 11 is 0. The molecule has 2 nitrogen and oxygen atoms in total. The molecule has 0 heterocycles. The number of rotatable bonds is 12. The number of hydrogen-bond acceptors (Lipinski definition) is 2. The van der Waals surface area contributed by atoms with Crippen molar-refractivity contribution >= 4 is 0 Å². The van der Waals surface area contributed by atoms with Crippen LogP contribution in [0.4, 0.5) is 8.78 Å². The second-order valence-corrected chi connectivity index (χ2v) is 11.2. The van der Waals surface area contributed by atoms with E-state index in [0.29, 0.717) is 32.0 Å². The van der Waals surface area contributed by atoms with E-state index in [4.69, 9.17) is 9.47 Å². The van der Waals surface area contributed by atoms with Crippen LogP contribution in [0.25, 0.3) is 0 Å². The van der Waals surface area contributed by atoms with Crippen molar-refractivity contribution in [1.82, 2.24) is 0 Å². The minimum absolute atomic E-state index is 0.528. The highest BCUT2D eigenvalue weighted by Gasteiger charge is 2.42. The molecule has 3 saturated carbocycles. The highest BCUT2D eigenvalue weighted by atomic mass is 19.2. The predicted molar refractivity (Wildman–Crippen MR) is 128 cm³/mol. The molecule has 0 aromatic heterocycles. The maximum atomic E-state index is 14.7. The van der Waals surface area contributed by atoms with Gasteiger partial charge in [0.05, 0.1) is 12.2 Å². The van der Waals surface area contributed by atoms with E-state index < -0.39 is 24.6 Å². The van der Waals surface area contributed by atoms with Crippen LogP contribution in [-0.2, 0) is 9.47 Å². The molecule has 0 saturated heterocycles. The van der Waals surface area contributed by atoms with Crippen LogP contribution >= 0.6 is 0 Å². The lowest BCUT2D eigenvalue weighted by atomic mass is 9.69. The van der Waals surface area contributed by atoms with Gasteiger partial charge >= 0.3 is 0 Å². The first kappa shape index (κ1) is 26.4. The van der Waals surface area contributed by atoms with Crippen LogP contribution in [0.15, 0.2) is 0 Å². The molecule has 0 bridgehead atoms. The summed E-state index contributed by atoms with van der Waals surface area (Å²) in [6, 6.07) is 0. The fourth-order valence-corrected chi connectivity index (χ4v) is 6.52. The van der Waals surface area contributed by atoms with Gasteiger partial charge < -0.3 is 9.47 Å². The molecule has 4 heteroatoms. The van der Waals surface area contributed by atoms with Gasteiger partial charge in [0.2, 0.25) is 0 Å². The number of alkyl halides is 2. The third kappa shape index (κ3) is 7.93. The first-order valence-corrected chi connectivity index (χ1v) is 14.1. The molecular weight excluding hydrogens is 406 g/mol. The first-order valence-electron chi connectivity index (χ1n) is 14.1. The minimum atomic E-state index is -1.54. The Hall–Kier alpha value is -0.220. The van der Waals surface area contributed by atoms with Gasteiger partial charge in [-0.3, -0.25) is 0 Å². The SMILES string of the molecule is CCCCCOC1CCC(OCC2CCC(C3CCC(CCCC)CC3)CC2)C(F)C1F. The van der Waals surface area contributed by atoms with E-state index in [1.807, 2.05) is 0 Å². The molecule has 3 aliphatic carbocycles. The lowest BCUT2D eigenvalue weighted by Gasteiger charge is -2.39. The van der Waals surface area contributed by atoms with Crippen LogP contribution in [0, 0.1) is 23.7 Å². The Balaban J connectivity index is 1.30. The molecule has 4 unspecified atom stereocenters. The van der Waals surface area contributed by atoms with Gasteiger partial charge in [0.1, 0.15) is 0 Å². The average molecular weight is 457 g/mol. The Morgan fingerprint density at radius 3 is 1.69 bits per heavy atom. The van der Waals surface area contributed by atoms with E-state index in [1.54, 1.807) is 0 Å². The van der Waals surface area contributed by atoms with Crippen molar-refractivity contribution in [3.8, 4) is 0 Å². The summed E-state index contributed by atoms with van der Waals surface area (Å²) < 4.78 is 40.8. The fraction of sp³-hybridized carbons (Fsp3) is 1.00. The Morgan fingerprint density at radius 1 is 0.594 bits per heavy atom. The van der Waals surface area contributed by atoms with Gasteiger partial charge in [-0.15, -0.1) is 0 Å². The van der Waals surface area contributed by atoms with Crippen molar-refractivity contribution in [2.24, 2.45) is 23.7 Å². The minimum Gasteiger partial charge on any atom is -0.375 e. The van der Waals surface area contributed by atoms with E-state index in [9.17, 15) is 8.78 Å². The number of unbranched alkanes of at least 4 members (excludes halogenated alkanes) is 3. The third-order valence-electron chi connectivity index (χ3n) is 8.79. The maximum Gasteiger partial charge on any atom is 0.160 e. The first-order chi connectivity index (χ1) is 15.6. The highest BCUT2D eigenvalue weighted by Crippen LogP contribution is 2.42. The van der Waals surface area contributed by atoms with E-state index >= 15 is 0 Å². The van der Waals surface area contributed by atoms with Crippen molar-refractivity contribution in [1.29, 1.82) is 0 Å².